The lowest BCUT2D eigenvalue weighted by Gasteiger charge is -2.09. The molecule has 0 unspecified atom stereocenters. The Hall–Kier alpha value is -3.15. The van der Waals surface area contributed by atoms with E-state index in [-0.39, 0.29) is 30.1 Å². The molecule has 2 N–H and O–H groups in total. The normalized spacial score (nSPS) is 10.3. The number of Topliss-reactive ketones (excluding diaryl/α,β-unsaturated/α-hetero) is 1. The molecule has 0 heterocycles. The first kappa shape index (κ1) is 20.2. The highest BCUT2D eigenvalue weighted by atomic mass is 16.5. The van der Waals surface area contributed by atoms with E-state index in [0.29, 0.717) is 23.6 Å². The summed E-state index contributed by atoms with van der Waals surface area (Å²) >= 11 is 0. The van der Waals surface area contributed by atoms with E-state index in [1.807, 2.05) is 6.92 Å². The molecule has 0 spiro atoms. The molecule has 0 aliphatic heterocycles. The molecule has 0 aliphatic rings. The minimum atomic E-state index is -1.06. The highest BCUT2D eigenvalue weighted by molar-refractivity contribution is 6.00. The zero-order chi connectivity index (χ0) is 19.8. The van der Waals surface area contributed by atoms with Crippen LogP contribution in [0.4, 0.5) is 5.69 Å². The van der Waals surface area contributed by atoms with Crippen molar-refractivity contribution in [3.05, 3.63) is 59.2 Å². The third-order valence-corrected chi connectivity index (χ3v) is 3.99. The van der Waals surface area contributed by atoms with Gasteiger partial charge >= 0.3 is 5.97 Å². The van der Waals surface area contributed by atoms with Crippen LogP contribution in [0.5, 0.6) is 5.75 Å². The fourth-order valence-corrected chi connectivity index (χ4v) is 2.43. The fraction of sp³-hybridized carbons (Fsp3) is 0.286. The monoisotopic (exact) mass is 369 g/mol. The predicted molar refractivity (Wildman–Crippen MR) is 103 cm³/mol. The van der Waals surface area contributed by atoms with Gasteiger partial charge in [-0.2, -0.15) is 0 Å². The number of benzene rings is 2. The zero-order valence-corrected chi connectivity index (χ0v) is 15.5. The Bertz CT molecular complexity index is 827. The lowest BCUT2D eigenvalue weighted by Crippen LogP contribution is -2.15. The summed E-state index contributed by atoms with van der Waals surface area (Å²) in [5.41, 5.74) is 1.81. The van der Waals surface area contributed by atoms with Crippen LogP contribution in [-0.4, -0.2) is 29.4 Å². The van der Waals surface area contributed by atoms with Gasteiger partial charge in [0.15, 0.2) is 5.78 Å². The standard InChI is InChI=1S/C21H23NO5/c1-3-12-27-17-8-6-15(7-9-17)19(23)10-11-20(24)22-18-13-16(21(25)26)5-4-14(18)2/h4-9,13H,3,10-12H2,1-2H3,(H,22,24)(H,25,26). The Morgan fingerprint density at radius 3 is 2.30 bits per heavy atom. The van der Waals surface area contributed by atoms with Crippen molar-refractivity contribution < 1.29 is 24.2 Å². The number of carbonyl (C=O) groups excluding carboxylic acids is 2. The fourth-order valence-electron chi connectivity index (χ4n) is 2.43. The molecule has 2 rings (SSSR count). The van der Waals surface area contributed by atoms with Crippen molar-refractivity contribution in [2.45, 2.75) is 33.1 Å². The molecule has 6 heteroatoms. The van der Waals surface area contributed by atoms with E-state index in [9.17, 15) is 14.4 Å². The van der Waals surface area contributed by atoms with Crippen LogP contribution in [0.15, 0.2) is 42.5 Å². The number of rotatable bonds is 9. The van der Waals surface area contributed by atoms with Crippen LogP contribution in [0.3, 0.4) is 0 Å². The molecule has 2 aromatic carbocycles. The minimum Gasteiger partial charge on any atom is -0.494 e. The molecule has 0 fully saturated rings. The van der Waals surface area contributed by atoms with Gasteiger partial charge in [-0.1, -0.05) is 13.0 Å². The van der Waals surface area contributed by atoms with Gasteiger partial charge in [-0.15, -0.1) is 0 Å². The van der Waals surface area contributed by atoms with Gasteiger partial charge in [0.05, 0.1) is 12.2 Å². The summed E-state index contributed by atoms with van der Waals surface area (Å²) in [7, 11) is 0. The third kappa shape index (κ3) is 5.95. The van der Waals surface area contributed by atoms with Gasteiger partial charge in [0.25, 0.3) is 0 Å². The molecule has 0 atom stereocenters. The highest BCUT2D eigenvalue weighted by Gasteiger charge is 2.12. The number of carboxylic acids is 1. The van der Waals surface area contributed by atoms with Gasteiger partial charge in [-0.3, -0.25) is 9.59 Å². The van der Waals surface area contributed by atoms with Gasteiger partial charge in [-0.25, -0.2) is 4.79 Å². The van der Waals surface area contributed by atoms with Crippen LogP contribution in [0.2, 0.25) is 0 Å². The minimum absolute atomic E-state index is 0.0175. The summed E-state index contributed by atoms with van der Waals surface area (Å²) in [5.74, 6) is -0.827. The van der Waals surface area contributed by atoms with Crippen LogP contribution < -0.4 is 10.1 Å². The Morgan fingerprint density at radius 1 is 1.00 bits per heavy atom. The molecule has 0 bridgehead atoms. The summed E-state index contributed by atoms with van der Waals surface area (Å²) in [6, 6.07) is 11.4. The number of aromatic carboxylic acids is 1. The number of hydrogen-bond acceptors (Lipinski definition) is 4. The molecule has 0 aromatic heterocycles. The molecular weight excluding hydrogens is 346 g/mol. The van der Waals surface area contributed by atoms with Gasteiger partial charge in [0.1, 0.15) is 5.75 Å². The number of ether oxygens (including phenoxy) is 1. The Balaban J connectivity index is 1.90. The van der Waals surface area contributed by atoms with Crippen LogP contribution in [0, 0.1) is 6.92 Å². The molecule has 2 aromatic rings. The first-order valence-electron chi connectivity index (χ1n) is 8.80. The van der Waals surface area contributed by atoms with E-state index < -0.39 is 5.97 Å². The van der Waals surface area contributed by atoms with Crippen molar-refractivity contribution in [2.75, 3.05) is 11.9 Å². The number of hydrogen-bond donors (Lipinski definition) is 2. The van der Waals surface area contributed by atoms with Crippen molar-refractivity contribution in [1.82, 2.24) is 0 Å². The lowest BCUT2D eigenvalue weighted by molar-refractivity contribution is -0.116. The molecule has 0 aliphatic carbocycles. The van der Waals surface area contributed by atoms with E-state index in [1.165, 1.54) is 12.1 Å². The molecule has 0 saturated carbocycles. The lowest BCUT2D eigenvalue weighted by atomic mass is 10.1. The van der Waals surface area contributed by atoms with Crippen LogP contribution in [0.1, 0.15) is 52.5 Å². The first-order valence-corrected chi connectivity index (χ1v) is 8.80. The largest absolute Gasteiger partial charge is 0.494 e. The molecule has 6 nitrogen and oxygen atoms in total. The molecule has 1 amide bonds. The molecular formula is C21H23NO5. The first-order chi connectivity index (χ1) is 12.9. The molecule has 0 saturated heterocycles. The smallest absolute Gasteiger partial charge is 0.335 e. The second-order valence-electron chi connectivity index (χ2n) is 6.18. The van der Waals surface area contributed by atoms with E-state index in [0.717, 1.165) is 12.0 Å². The predicted octanol–water partition coefficient (Wildman–Crippen LogP) is 4.08. The van der Waals surface area contributed by atoms with E-state index in [1.54, 1.807) is 37.3 Å². The Kier molecular flexibility index (Phi) is 7.11. The van der Waals surface area contributed by atoms with Crippen molar-refractivity contribution in [1.29, 1.82) is 0 Å². The van der Waals surface area contributed by atoms with Gasteiger partial charge in [0, 0.05) is 24.1 Å². The van der Waals surface area contributed by atoms with Crippen molar-refractivity contribution in [2.24, 2.45) is 0 Å². The third-order valence-electron chi connectivity index (χ3n) is 3.99. The van der Waals surface area contributed by atoms with Crippen LogP contribution in [0.25, 0.3) is 0 Å². The maximum Gasteiger partial charge on any atom is 0.335 e. The number of carboxylic acid groups (broad SMARTS) is 1. The van der Waals surface area contributed by atoms with Gasteiger partial charge in [-0.05, 0) is 55.3 Å². The average molecular weight is 369 g/mol. The summed E-state index contributed by atoms with van der Waals surface area (Å²) < 4.78 is 5.47. The van der Waals surface area contributed by atoms with Crippen molar-refractivity contribution in [3.63, 3.8) is 0 Å². The second kappa shape index (κ2) is 9.52. The molecule has 142 valence electrons. The molecule has 0 radical (unpaired) electrons. The number of carbonyl (C=O) groups is 3. The summed E-state index contributed by atoms with van der Waals surface area (Å²) in [6.07, 6.45) is 0.993. The van der Waals surface area contributed by atoms with Crippen LogP contribution in [-0.2, 0) is 4.79 Å². The summed E-state index contributed by atoms with van der Waals surface area (Å²) in [5, 5.41) is 11.7. The zero-order valence-electron chi connectivity index (χ0n) is 15.5. The second-order valence-corrected chi connectivity index (χ2v) is 6.18. The highest BCUT2D eigenvalue weighted by Crippen LogP contribution is 2.18. The summed E-state index contributed by atoms with van der Waals surface area (Å²) in [4.78, 5) is 35.4. The van der Waals surface area contributed by atoms with Crippen LogP contribution >= 0.6 is 0 Å². The topological polar surface area (TPSA) is 92.7 Å². The summed E-state index contributed by atoms with van der Waals surface area (Å²) in [6.45, 7) is 4.41. The number of nitrogens with one attached hydrogen (secondary N) is 1. The quantitative estimate of drug-likeness (QED) is 0.650. The Labute approximate surface area is 158 Å². The number of anilines is 1. The van der Waals surface area contributed by atoms with Crippen molar-refractivity contribution in [3.8, 4) is 5.75 Å². The van der Waals surface area contributed by atoms with E-state index >= 15 is 0 Å². The van der Waals surface area contributed by atoms with Crippen molar-refractivity contribution >= 4 is 23.3 Å². The maximum absolute atomic E-state index is 12.2. The number of amides is 1. The number of ketones is 1. The van der Waals surface area contributed by atoms with E-state index in [2.05, 4.69) is 5.32 Å². The number of aryl methyl sites for hydroxylation is 1. The SMILES string of the molecule is CCCOc1ccc(C(=O)CCC(=O)Nc2cc(C(=O)O)ccc2C)cc1. The van der Waals surface area contributed by atoms with Gasteiger partial charge < -0.3 is 15.2 Å². The average Bonchev–Trinajstić information content (AvgIpc) is 2.66. The van der Waals surface area contributed by atoms with E-state index in [4.69, 9.17) is 9.84 Å². The van der Waals surface area contributed by atoms with Gasteiger partial charge in [0.2, 0.25) is 5.91 Å². The molecule has 27 heavy (non-hydrogen) atoms. The maximum atomic E-state index is 12.2. The Morgan fingerprint density at radius 2 is 1.67 bits per heavy atom.